The van der Waals surface area contributed by atoms with Gasteiger partial charge in [-0.25, -0.2) is 0 Å². The number of ketones is 1. The Morgan fingerprint density at radius 2 is 0.850 bits per heavy atom. The van der Waals surface area contributed by atoms with Crippen LogP contribution in [0.25, 0.3) is 0 Å². The molecule has 0 aliphatic heterocycles. The zero-order valence-electron chi connectivity index (χ0n) is 22.2. The molecule has 0 saturated heterocycles. The van der Waals surface area contributed by atoms with Gasteiger partial charge in [-0.15, -0.1) is 0 Å². The van der Waals surface area contributed by atoms with E-state index in [1.807, 2.05) is 60.7 Å². The van der Waals surface area contributed by atoms with E-state index >= 15 is 0 Å². The molecule has 5 aromatic carbocycles. The molecule has 0 heterocycles. The van der Waals surface area contributed by atoms with Crippen LogP contribution in [0.15, 0.2) is 175 Å². The van der Waals surface area contributed by atoms with E-state index in [4.69, 9.17) is 0 Å². The topological polar surface area (TPSA) is 23.6 Å². The number of Topliss-reactive ketones (excluding diaryl/α,β-unsaturated/α-hetero) is 1. The molecule has 0 atom stereocenters. The molecule has 0 unspecified atom stereocenters. The highest BCUT2D eigenvalue weighted by Gasteiger charge is 2.43. The van der Waals surface area contributed by atoms with Gasteiger partial charge in [-0.05, 0) is 54.6 Å². The van der Waals surface area contributed by atoms with Crippen LogP contribution in [0.2, 0.25) is 0 Å². The summed E-state index contributed by atoms with van der Waals surface area (Å²) >= 11 is 0. The fourth-order valence-electron chi connectivity index (χ4n) is 5.48. The maximum absolute atomic E-state index is 13.5. The maximum atomic E-state index is 13.5. The third kappa shape index (κ3) is 4.85. The Labute approximate surface area is 236 Å². The SMILES string of the molecule is O=C(C1=CCC(N(c2ccccc2)c2ccccc2)(N(c2ccccc2)c2ccccc2)C=C1)c1ccccc1. The minimum Gasteiger partial charge on any atom is -0.314 e. The van der Waals surface area contributed by atoms with E-state index in [-0.39, 0.29) is 5.78 Å². The van der Waals surface area contributed by atoms with Gasteiger partial charge in [-0.1, -0.05) is 115 Å². The number of carbonyl (C=O) groups excluding carboxylic acids is 1. The second kappa shape index (κ2) is 11.3. The van der Waals surface area contributed by atoms with E-state index in [2.05, 4.69) is 119 Å². The number of hydrogen-bond acceptors (Lipinski definition) is 3. The molecule has 3 heteroatoms. The van der Waals surface area contributed by atoms with E-state index in [1.54, 1.807) is 0 Å². The fraction of sp³-hybridized carbons (Fsp3) is 0.0541. The zero-order chi connectivity index (χ0) is 27.2. The first-order valence-electron chi connectivity index (χ1n) is 13.6. The monoisotopic (exact) mass is 518 g/mol. The van der Waals surface area contributed by atoms with Crippen LogP contribution in [0, 0.1) is 0 Å². The van der Waals surface area contributed by atoms with E-state index in [9.17, 15) is 4.79 Å². The van der Waals surface area contributed by atoms with Crippen molar-refractivity contribution in [1.29, 1.82) is 0 Å². The van der Waals surface area contributed by atoms with Crippen molar-refractivity contribution in [3.8, 4) is 0 Å². The van der Waals surface area contributed by atoms with Crippen molar-refractivity contribution in [3.05, 3.63) is 181 Å². The molecule has 0 spiro atoms. The summed E-state index contributed by atoms with van der Waals surface area (Å²) in [5.74, 6) is 0.0300. The van der Waals surface area contributed by atoms with Gasteiger partial charge in [0, 0.05) is 40.3 Å². The summed E-state index contributed by atoms with van der Waals surface area (Å²) in [7, 11) is 0. The Hall–Kier alpha value is -5.15. The minimum atomic E-state index is -0.702. The first-order chi connectivity index (χ1) is 19.8. The first-order valence-corrected chi connectivity index (χ1v) is 13.6. The molecule has 194 valence electrons. The van der Waals surface area contributed by atoms with Gasteiger partial charge >= 0.3 is 0 Å². The molecule has 6 rings (SSSR count). The van der Waals surface area contributed by atoms with Crippen LogP contribution >= 0.6 is 0 Å². The quantitative estimate of drug-likeness (QED) is 0.151. The summed E-state index contributed by atoms with van der Waals surface area (Å²) in [5.41, 5.74) is 4.91. The third-order valence-corrected chi connectivity index (χ3v) is 7.28. The van der Waals surface area contributed by atoms with Gasteiger partial charge in [0.25, 0.3) is 0 Å². The van der Waals surface area contributed by atoms with Gasteiger partial charge in [-0.2, -0.15) is 0 Å². The molecule has 1 aliphatic carbocycles. The summed E-state index contributed by atoms with van der Waals surface area (Å²) in [6.45, 7) is 0. The van der Waals surface area contributed by atoms with Gasteiger partial charge in [0.2, 0.25) is 0 Å². The second-order valence-corrected chi connectivity index (χ2v) is 9.78. The van der Waals surface area contributed by atoms with Gasteiger partial charge in [0.15, 0.2) is 5.78 Å². The van der Waals surface area contributed by atoms with E-state index in [1.165, 1.54) is 0 Å². The van der Waals surface area contributed by atoms with Gasteiger partial charge in [0.1, 0.15) is 5.66 Å². The lowest BCUT2D eigenvalue weighted by Crippen LogP contribution is -2.57. The molecular formula is C37H30N2O. The summed E-state index contributed by atoms with van der Waals surface area (Å²) in [5, 5.41) is 0. The largest absolute Gasteiger partial charge is 0.314 e. The van der Waals surface area contributed by atoms with E-state index in [0.29, 0.717) is 17.6 Å². The standard InChI is InChI=1S/C37H30N2O/c40-36(30-16-6-1-7-17-30)31-26-28-37(29-27-31,38(32-18-8-2-9-19-32)33-20-10-3-11-21-33)39(34-22-12-4-13-23-34)35-24-14-5-15-25-35/h1-28H,29H2. The van der Waals surface area contributed by atoms with E-state index in [0.717, 1.165) is 22.7 Å². The molecule has 5 aromatic rings. The molecule has 0 N–H and O–H groups in total. The van der Waals surface area contributed by atoms with Crippen LogP contribution < -0.4 is 9.80 Å². The third-order valence-electron chi connectivity index (χ3n) is 7.28. The number of para-hydroxylation sites is 4. The zero-order valence-corrected chi connectivity index (χ0v) is 22.2. The molecule has 0 radical (unpaired) electrons. The summed E-state index contributed by atoms with van der Waals surface area (Å²) in [6.07, 6.45) is 6.86. The van der Waals surface area contributed by atoms with Crippen molar-refractivity contribution >= 4 is 28.5 Å². The lowest BCUT2D eigenvalue weighted by molar-refractivity contribution is 0.103. The van der Waals surface area contributed by atoms with Crippen molar-refractivity contribution in [1.82, 2.24) is 0 Å². The summed E-state index contributed by atoms with van der Waals surface area (Å²) in [6, 6.07) is 51.4. The molecule has 0 fully saturated rings. The Bertz CT molecular complexity index is 1450. The lowest BCUT2D eigenvalue weighted by atomic mass is 9.88. The number of hydrogen-bond donors (Lipinski definition) is 0. The Morgan fingerprint density at radius 3 is 1.18 bits per heavy atom. The predicted molar refractivity (Wildman–Crippen MR) is 165 cm³/mol. The van der Waals surface area contributed by atoms with Gasteiger partial charge in [0.05, 0.1) is 0 Å². The van der Waals surface area contributed by atoms with Crippen molar-refractivity contribution in [3.63, 3.8) is 0 Å². The highest BCUT2D eigenvalue weighted by atomic mass is 16.1. The summed E-state index contributed by atoms with van der Waals surface area (Å²) in [4.78, 5) is 18.2. The van der Waals surface area contributed by atoms with Crippen LogP contribution in [0.1, 0.15) is 16.8 Å². The molecule has 1 aliphatic rings. The number of benzene rings is 5. The normalized spacial score (nSPS) is 13.8. The maximum Gasteiger partial charge on any atom is 0.192 e. The number of nitrogens with zero attached hydrogens (tertiary/aromatic N) is 2. The molecule has 40 heavy (non-hydrogen) atoms. The Kier molecular flexibility index (Phi) is 7.11. The highest BCUT2D eigenvalue weighted by molar-refractivity contribution is 6.10. The van der Waals surface area contributed by atoms with Gasteiger partial charge in [-0.3, -0.25) is 4.79 Å². The molecule has 3 nitrogen and oxygen atoms in total. The average molecular weight is 519 g/mol. The number of carbonyl (C=O) groups is 1. The average Bonchev–Trinajstić information content (AvgIpc) is 3.04. The number of allylic oxidation sites excluding steroid dienone is 2. The van der Waals surface area contributed by atoms with Crippen LogP contribution in [-0.4, -0.2) is 11.4 Å². The van der Waals surface area contributed by atoms with Crippen molar-refractivity contribution in [2.45, 2.75) is 12.1 Å². The van der Waals surface area contributed by atoms with Crippen LogP contribution in [-0.2, 0) is 0 Å². The molecule has 0 saturated carbocycles. The van der Waals surface area contributed by atoms with Crippen molar-refractivity contribution in [2.75, 3.05) is 9.80 Å². The summed E-state index contributed by atoms with van der Waals surface area (Å²) < 4.78 is 0. The predicted octanol–water partition coefficient (Wildman–Crippen LogP) is 9.13. The molecule has 0 bridgehead atoms. The van der Waals surface area contributed by atoms with Crippen molar-refractivity contribution in [2.24, 2.45) is 0 Å². The van der Waals surface area contributed by atoms with Crippen LogP contribution in [0.4, 0.5) is 22.7 Å². The minimum absolute atomic E-state index is 0.0300. The van der Waals surface area contributed by atoms with Crippen LogP contribution in [0.3, 0.4) is 0 Å². The number of anilines is 4. The first kappa shape index (κ1) is 25.1. The Balaban J connectivity index is 1.58. The van der Waals surface area contributed by atoms with Crippen molar-refractivity contribution < 1.29 is 4.79 Å². The van der Waals surface area contributed by atoms with Crippen LogP contribution in [0.5, 0.6) is 0 Å². The smallest absolute Gasteiger partial charge is 0.192 e. The lowest BCUT2D eigenvalue weighted by Gasteiger charge is -2.52. The second-order valence-electron chi connectivity index (χ2n) is 9.78. The molecular weight excluding hydrogens is 488 g/mol. The number of rotatable bonds is 8. The molecule has 0 aromatic heterocycles. The van der Waals surface area contributed by atoms with E-state index < -0.39 is 5.66 Å². The molecule has 0 amide bonds. The Morgan fingerprint density at radius 1 is 0.500 bits per heavy atom. The fourth-order valence-corrected chi connectivity index (χ4v) is 5.48. The highest BCUT2D eigenvalue weighted by Crippen LogP contribution is 2.46. The van der Waals surface area contributed by atoms with Gasteiger partial charge < -0.3 is 9.80 Å².